The summed E-state index contributed by atoms with van der Waals surface area (Å²) in [5.41, 5.74) is 1.89. The van der Waals surface area contributed by atoms with Crippen molar-refractivity contribution in [2.75, 3.05) is 26.2 Å². The van der Waals surface area contributed by atoms with E-state index in [2.05, 4.69) is 21.2 Å². The Morgan fingerprint density at radius 2 is 2.12 bits per heavy atom. The second-order valence-corrected chi connectivity index (χ2v) is 7.76. The molecule has 7 nitrogen and oxygen atoms in total. The fourth-order valence-corrected chi connectivity index (χ4v) is 3.34. The van der Waals surface area contributed by atoms with E-state index >= 15 is 0 Å². The molecule has 2 aliphatic rings. The molecule has 0 saturated carbocycles. The van der Waals surface area contributed by atoms with Crippen molar-refractivity contribution in [2.24, 2.45) is 4.99 Å². The maximum absolute atomic E-state index is 12.4. The SMILES string of the molecule is CC1=C2CN(C(=O)OC(C)(C)C)CCN2C(c2ncns2)=NCC1. The number of carbonyl (C=O) groups is 1. The Kier molecular flexibility index (Phi) is 4.58. The van der Waals surface area contributed by atoms with Crippen LogP contribution in [0.1, 0.15) is 39.1 Å². The standard InChI is InChI=1S/C16H23N5O2S/c1-11-5-6-17-13(14-18-10-19-24-14)21-8-7-20(9-12(11)21)15(22)23-16(2,3)4/h10H,5-9H2,1-4H3. The number of hydrogen-bond donors (Lipinski definition) is 0. The van der Waals surface area contributed by atoms with Crippen LogP contribution in [0.4, 0.5) is 4.79 Å². The molecule has 0 radical (unpaired) electrons. The van der Waals surface area contributed by atoms with E-state index < -0.39 is 5.60 Å². The largest absolute Gasteiger partial charge is 0.444 e. The van der Waals surface area contributed by atoms with Crippen LogP contribution in [0, 0.1) is 0 Å². The van der Waals surface area contributed by atoms with Gasteiger partial charge in [-0.05, 0) is 45.6 Å². The number of hydrogen-bond acceptors (Lipinski definition) is 7. The number of piperazine rings is 1. The highest BCUT2D eigenvalue weighted by Gasteiger charge is 2.33. The first-order valence-corrected chi connectivity index (χ1v) is 8.88. The van der Waals surface area contributed by atoms with E-state index in [-0.39, 0.29) is 6.09 Å². The van der Waals surface area contributed by atoms with E-state index in [0.29, 0.717) is 19.6 Å². The van der Waals surface area contributed by atoms with Gasteiger partial charge in [0.25, 0.3) is 0 Å². The predicted octanol–water partition coefficient (Wildman–Crippen LogP) is 2.52. The molecule has 8 heteroatoms. The number of aromatic nitrogens is 2. The lowest BCUT2D eigenvalue weighted by molar-refractivity contribution is 0.0221. The average Bonchev–Trinajstić information content (AvgIpc) is 2.98. The third-order valence-electron chi connectivity index (χ3n) is 3.96. The molecular weight excluding hydrogens is 326 g/mol. The summed E-state index contributed by atoms with van der Waals surface area (Å²) in [5, 5.41) is 0.827. The quantitative estimate of drug-likeness (QED) is 0.779. The molecule has 1 aromatic rings. The predicted molar refractivity (Wildman–Crippen MR) is 93.1 cm³/mol. The molecule has 2 aliphatic heterocycles. The molecule has 130 valence electrons. The van der Waals surface area contributed by atoms with Crippen LogP contribution < -0.4 is 0 Å². The van der Waals surface area contributed by atoms with Crippen molar-refractivity contribution in [3.63, 3.8) is 0 Å². The fraction of sp³-hybridized carbons (Fsp3) is 0.625. The zero-order valence-electron chi connectivity index (χ0n) is 14.6. The first-order valence-electron chi connectivity index (χ1n) is 8.11. The molecular formula is C16H23N5O2S. The molecule has 0 unspecified atom stereocenters. The van der Waals surface area contributed by atoms with Gasteiger partial charge in [-0.25, -0.2) is 9.78 Å². The highest BCUT2D eigenvalue weighted by Crippen LogP contribution is 2.26. The van der Waals surface area contributed by atoms with Gasteiger partial charge >= 0.3 is 6.09 Å². The minimum Gasteiger partial charge on any atom is -0.444 e. The average molecular weight is 349 g/mol. The topological polar surface area (TPSA) is 70.9 Å². The second kappa shape index (κ2) is 6.51. The van der Waals surface area contributed by atoms with E-state index in [4.69, 9.17) is 9.73 Å². The zero-order valence-corrected chi connectivity index (χ0v) is 15.4. The van der Waals surface area contributed by atoms with Gasteiger partial charge in [-0.1, -0.05) is 5.57 Å². The Morgan fingerprint density at radius 3 is 2.79 bits per heavy atom. The number of nitrogens with zero attached hydrogens (tertiary/aromatic N) is 5. The number of rotatable bonds is 1. The van der Waals surface area contributed by atoms with Gasteiger partial charge in [0.2, 0.25) is 0 Å². The molecule has 1 amide bonds. The number of amidine groups is 1. The molecule has 0 atom stereocenters. The smallest absolute Gasteiger partial charge is 0.410 e. The lowest BCUT2D eigenvalue weighted by Crippen LogP contribution is -2.50. The fourth-order valence-electron chi connectivity index (χ4n) is 2.80. The molecule has 0 spiro atoms. The van der Waals surface area contributed by atoms with Crippen LogP contribution in [0.2, 0.25) is 0 Å². The van der Waals surface area contributed by atoms with E-state index in [1.54, 1.807) is 11.2 Å². The first kappa shape index (κ1) is 16.9. The maximum Gasteiger partial charge on any atom is 0.410 e. The Bertz CT molecular complexity index is 675. The molecule has 1 fully saturated rings. The summed E-state index contributed by atoms with van der Waals surface area (Å²) in [5.74, 6) is 0.869. The van der Waals surface area contributed by atoms with E-state index in [0.717, 1.165) is 29.5 Å². The van der Waals surface area contributed by atoms with Crippen LogP contribution in [0.5, 0.6) is 0 Å². The van der Waals surface area contributed by atoms with E-state index in [1.807, 2.05) is 20.8 Å². The molecule has 1 saturated heterocycles. The highest BCUT2D eigenvalue weighted by atomic mass is 32.1. The third kappa shape index (κ3) is 3.58. The van der Waals surface area contributed by atoms with Crippen molar-refractivity contribution in [2.45, 2.75) is 39.7 Å². The molecule has 0 N–H and O–H groups in total. The number of fused-ring (bicyclic) bond motifs is 1. The zero-order chi connectivity index (χ0) is 17.3. The van der Waals surface area contributed by atoms with Gasteiger partial charge in [0.05, 0.1) is 6.54 Å². The summed E-state index contributed by atoms with van der Waals surface area (Å²) in [6, 6.07) is 0. The molecule has 0 bridgehead atoms. The van der Waals surface area contributed by atoms with Crippen molar-refractivity contribution in [1.29, 1.82) is 0 Å². The summed E-state index contributed by atoms with van der Waals surface area (Å²) in [6.45, 7) is 10.3. The third-order valence-corrected chi connectivity index (χ3v) is 4.62. The van der Waals surface area contributed by atoms with Gasteiger partial charge in [0, 0.05) is 25.3 Å². The van der Waals surface area contributed by atoms with Gasteiger partial charge in [-0.3, -0.25) is 4.99 Å². The van der Waals surface area contributed by atoms with Gasteiger partial charge in [-0.15, -0.1) is 0 Å². The molecule has 1 aromatic heterocycles. The van der Waals surface area contributed by atoms with Crippen LogP contribution in [-0.4, -0.2) is 62.9 Å². The van der Waals surface area contributed by atoms with E-state index in [1.165, 1.54) is 17.1 Å². The molecule has 24 heavy (non-hydrogen) atoms. The molecule has 3 heterocycles. The molecule has 3 rings (SSSR count). The Hall–Kier alpha value is -1.96. The van der Waals surface area contributed by atoms with Crippen LogP contribution in [0.3, 0.4) is 0 Å². The van der Waals surface area contributed by atoms with Crippen molar-refractivity contribution >= 4 is 23.5 Å². The van der Waals surface area contributed by atoms with Crippen LogP contribution in [0.15, 0.2) is 22.6 Å². The van der Waals surface area contributed by atoms with Gasteiger partial charge < -0.3 is 14.5 Å². The minimum absolute atomic E-state index is 0.263. The second-order valence-electron chi connectivity index (χ2n) is 6.98. The summed E-state index contributed by atoms with van der Waals surface area (Å²) >= 11 is 1.35. The monoisotopic (exact) mass is 349 g/mol. The highest BCUT2D eigenvalue weighted by molar-refractivity contribution is 7.07. The van der Waals surface area contributed by atoms with Gasteiger partial charge in [0.1, 0.15) is 11.9 Å². The van der Waals surface area contributed by atoms with Crippen LogP contribution in [-0.2, 0) is 4.74 Å². The number of amides is 1. The summed E-state index contributed by atoms with van der Waals surface area (Å²) in [4.78, 5) is 25.4. The lowest BCUT2D eigenvalue weighted by Gasteiger charge is -2.38. The Balaban J connectivity index is 1.82. The van der Waals surface area contributed by atoms with Crippen LogP contribution in [0.25, 0.3) is 0 Å². The van der Waals surface area contributed by atoms with Crippen molar-refractivity contribution in [1.82, 2.24) is 19.2 Å². The van der Waals surface area contributed by atoms with Crippen molar-refractivity contribution in [3.05, 3.63) is 22.6 Å². The summed E-state index contributed by atoms with van der Waals surface area (Å²) < 4.78 is 9.61. The summed E-state index contributed by atoms with van der Waals surface area (Å²) in [6.07, 6.45) is 2.18. The molecule has 0 aliphatic carbocycles. The number of carbonyl (C=O) groups excluding carboxylic acids is 1. The minimum atomic E-state index is -0.486. The number of ether oxygens (including phenoxy) is 1. The first-order chi connectivity index (χ1) is 11.3. The number of aliphatic imine (C=N–C) groups is 1. The Labute approximate surface area is 146 Å². The maximum atomic E-state index is 12.4. The lowest BCUT2D eigenvalue weighted by atomic mass is 10.1. The van der Waals surface area contributed by atoms with Crippen molar-refractivity contribution < 1.29 is 9.53 Å². The molecule has 0 aromatic carbocycles. The van der Waals surface area contributed by atoms with Gasteiger partial charge in [0.15, 0.2) is 10.8 Å². The van der Waals surface area contributed by atoms with Crippen LogP contribution >= 0.6 is 11.5 Å². The Morgan fingerprint density at radius 1 is 1.33 bits per heavy atom. The summed E-state index contributed by atoms with van der Waals surface area (Å²) in [7, 11) is 0. The van der Waals surface area contributed by atoms with Gasteiger partial charge in [-0.2, -0.15) is 4.37 Å². The van der Waals surface area contributed by atoms with E-state index in [9.17, 15) is 4.79 Å². The van der Waals surface area contributed by atoms with Crippen molar-refractivity contribution in [3.8, 4) is 0 Å². The normalized spacial score (nSPS) is 18.9.